The number of rotatable bonds is 5. The lowest BCUT2D eigenvalue weighted by Gasteiger charge is -2.40. The van der Waals surface area contributed by atoms with Crippen LogP contribution in [0, 0.1) is 11.6 Å². The highest BCUT2D eigenvalue weighted by atomic mass is 19.1. The minimum absolute atomic E-state index is 0.0542. The summed E-state index contributed by atoms with van der Waals surface area (Å²) < 4.78 is 34.6. The Morgan fingerprint density at radius 2 is 1.92 bits per heavy atom. The van der Waals surface area contributed by atoms with Crippen molar-refractivity contribution in [3.63, 3.8) is 0 Å². The topological polar surface area (TPSA) is 99.2 Å². The summed E-state index contributed by atoms with van der Waals surface area (Å²) >= 11 is 0. The number of benzene rings is 2. The van der Waals surface area contributed by atoms with Gasteiger partial charge in [-0.3, -0.25) is 4.79 Å². The Balaban J connectivity index is 1.34. The average molecular weight is 503 g/mol. The third kappa shape index (κ3) is 3.98. The molecule has 4 aromatic rings. The quantitative estimate of drug-likeness (QED) is 0.385. The van der Waals surface area contributed by atoms with Gasteiger partial charge in [0, 0.05) is 23.7 Å². The maximum Gasteiger partial charge on any atom is 0.246 e. The molecule has 2 aromatic heterocycles. The highest BCUT2D eigenvalue weighted by molar-refractivity contribution is 5.98. The molecule has 2 N–H and O–H groups in total. The summed E-state index contributed by atoms with van der Waals surface area (Å²) in [5.74, 6) is -0.934. The van der Waals surface area contributed by atoms with Gasteiger partial charge in [0.25, 0.3) is 0 Å². The number of nitrogen functional groups attached to an aromatic ring is 1. The standard InChI is InChI=1S/C27H24F2N6O2/c1-2-22(36)34-14-18(9-10-27(34)11-12-27)35-26-23(25(30)31-15-32-26)24(33-35)16-3-6-19(7-4-16)37-21-8-5-17(28)13-20(21)29/h2-8,13,15,18H,1,9-12,14H2,(H2,30,31,32)/t18-/m0/s1. The number of fused-ring (bicyclic) bond motifs is 1. The molecule has 0 unspecified atom stereocenters. The number of likely N-dealkylation sites (tertiary alicyclic amines) is 1. The molecular formula is C27H24F2N6O2. The number of hydrogen-bond acceptors (Lipinski definition) is 6. The van der Waals surface area contributed by atoms with E-state index < -0.39 is 11.6 Å². The molecule has 8 nitrogen and oxygen atoms in total. The fourth-order valence-electron chi connectivity index (χ4n) is 5.18. The van der Waals surface area contributed by atoms with E-state index in [1.165, 1.54) is 18.5 Å². The second kappa shape index (κ2) is 8.65. The van der Waals surface area contributed by atoms with Gasteiger partial charge in [0.2, 0.25) is 5.91 Å². The Labute approximate surface area is 211 Å². The van der Waals surface area contributed by atoms with E-state index >= 15 is 0 Å². The Morgan fingerprint density at radius 3 is 2.62 bits per heavy atom. The fraction of sp³-hybridized carbons (Fsp3) is 0.259. The van der Waals surface area contributed by atoms with E-state index in [9.17, 15) is 13.6 Å². The van der Waals surface area contributed by atoms with Crippen molar-refractivity contribution in [3.05, 3.63) is 73.1 Å². The van der Waals surface area contributed by atoms with Crippen LogP contribution in [0.4, 0.5) is 14.6 Å². The first-order valence-corrected chi connectivity index (χ1v) is 12.0. The summed E-state index contributed by atoms with van der Waals surface area (Å²) in [6.07, 6.45) is 6.55. The van der Waals surface area contributed by atoms with Crippen LogP contribution < -0.4 is 10.5 Å². The number of amides is 1. The van der Waals surface area contributed by atoms with Crippen molar-refractivity contribution in [1.29, 1.82) is 0 Å². The average Bonchev–Trinajstić information content (AvgIpc) is 3.56. The second-order valence-corrected chi connectivity index (χ2v) is 9.52. The molecular weight excluding hydrogens is 478 g/mol. The molecule has 1 saturated heterocycles. The van der Waals surface area contributed by atoms with Gasteiger partial charge in [0.15, 0.2) is 17.2 Å². The minimum atomic E-state index is -0.789. The molecule has 2 fully saturated rings. The van der Waals surface area contributed by atoms with Crippen molar-refractivity contribution in [3.8, 4) is 22.8 Å². The molecule has 10 heteroatoms. The smallest absolute Gasteiger partial charge is 0.246 e. The number of ether oxygens (including phenoxy) is 1. The molecule has 2 aromatic carbocycles. The van der Waals surface area contributed by atoms with Gasteiger partial charge in [0.1, 0.15) is 29.4 Å². The van der Waals surface area contributed by atoms with Crippen LogP contribution in [-0.2, 0) is 4.79 Å². The third-order valence-electron chi connectivity index (χ3n) is 7.29. The van der Waals surface area contributed by atoms with Gasteiger partial charge in [-0.05, 0) is 68.2 Å². The molecule has 1 spiro atoms. The van der Waals surface area contributed by atoms with Crippen molar-refractivity contribution in [2.45, 2.75) is 37.3 Å². The molecule has 2 aliphatic rings. The zero-order valence-electron chi connectivity index (χ0n) is 19.9. The van der Waals surface area contributed by atoms with Crippen molar-refractivity contribution in [1.82, 2.24) is 24.6 Å². The molecule has 1 saturated carbocycles. The van der Waals surface area contributed by atoms with Gasteiger partial charge >= 0.3 is 0 Å². The van der Waals surface area contributed by atoms with Gasteiger partial charge in [-0.2, -0.15) is 5.10 Å². The Kier molecular flexibility index (Phi) is 5.40. The second-order valence-electron chi connectivity index (χ2n) is 9.52. The van der Waals surface area contributed by atoms with E-state index in [2.05, 4.69) is 16.5 Å². The first-order valence-electron chi connectivity index (χ1n) is 12.0. The Morgan fingerprint density at radius 1 is 1.14 bits per heavy atom. The highest BCUT2D eigenvalue weighted by Gasteiger charge is 2.52. The van der Waals surface area contributed by atoms with Crippen molar-refractivity contribution >= 4 is 22.8 Å². The van der Waals surface area contributed by atoms with Crippen LogP contribution in [-0.4, -0.2) is 42.6 Å². The van der Waals surface area contributed by atoms with Gasteiger partial charge in [-0.1, -0.05) is 6.58 Å². The van der Waals surface area contributed by atoms with Gasteiger partial charge in [-0.15, -0.1) is 0 Å². The molecule has 1 atom stereocenters. The number of carbonyl (C=O) groups excluding carboxylic acids is 1. The third-order valence-corrected chi connectivity index (χ3v) is 7.29. The summed E-state index contributed by atoms with van der Waals surface area (Å²) in [5.41, 5.74) is 8.15. The predicted molar refractivity (Wildman–Crippen MR) is 134 cm³/mol. The van der Waals surface area contributed by atoms with E-state index in [1.807, 2.05) is 9.58 Å². The fourth-order valence-corrected chi connectivity index (χ4v) is 5.18. The SMILES string of the molecule is C=CC(=O)N1C[C@@H](n2nc(-c3ccc(Oc4ccc(F)cc4F)cc3)c3c(N)ncnc32)CCC12CC2. The molecule has 3 heterocycles. The molecule has 0 radical (unpaired) electrons. The predicted octanol–water partition coefficient (Wildman–Crippen LogP) is 5.03. The van der Waals surface area contributed by atoms with E-state index in [0.29, 0.717) is 34.8 Å². The molecule has 1 aliphatic carbocycles. The number of carbonyl (C=O) groups is 1. The number of nitrogens with two attached hydrogens (primary N) is 1. The zero-order valence-corrected chi connectivity index (χ0v) is 19.9. The number of halogens is 2. The molecule has 1 amide bonds. The van der Waals surface area contributed by atoms with E-state index in [1.54, 1.807) is 24.3 Å². The van der Waals surface area contributed by atoms with Crippen molar-refractivity contribution in [2.75, 3.05) is 12.3 Å². The van der Waals surface area contributed by atoms with E-state index in [4.69, 9.17) is 15.6 Å². The maximum atomic E-state index is 14.0. The molecule has 188 valence electrons. The van der Waals surface area contributed by atoms with Crippen LogP contribution in [0.1, 0.15) is 31.7 Å². The molecule has 0 bridgehead atoms. The Bertz CT molecular complexity index is 1530. The largest absolute Gasteiger partial charge is 0.454 e. The van der Waals surface area contributed by atoms with Crippen LogP contribution in [0.2, 0.25) is 0 Å². The van der Waals surface area contributed by atoms with Crippen LogP contribution in [0.25, 0.3) is 22.3 Å². The normalized spacial score (nSPS) is 18.2. The van der Waals surface area contributed by atoms with E-state index in [-0.39, 0.29) is 23.2 Å². The van der Waals surface area contributed by atoms with E-state index in [0.717, 1.165) is 43.4 Å². The molecule has 1 aliphatic heterocycles. The van der Waals surface area contributed by atoms with Gasteiger partial charge in [0.05, 0.1) is 11.4 Å². The lowest BCUT2D eigenvalue weighted by atomic mass is 9.96. The minimum Gasteiger partial charge on any atom is -0.454 e. The number of hydrogen-bond donors (Lipinski definition) is 1. The first-order chi connectivity index (χ1) is 17.9. The lowest BCUT2D eigenvalue weighted by Crippen LogP contribution is -2.48. The highest BCUT2D eigenvalue weighted by Crippen LogP contribution is 2.50. The summed E-state index contributed by atoms with van der Waals surface area (Å²) in [7, 11) is 0. The van der Waals surface area contributed by atoms with Crippen molar-refractivity contribution in [2.24, 2.45) is 0 Å². The van der Waals surface area contributed by atoms with Crippen LogP contribution in [0.5, 0.6) is 11.5 Å². The lowest BCUT2D eigenvalue weighted by molar-refractivity contribution is -0.131. The maximum absolute atomic E-state index is 14.0. The summed E-state index contributed by atoms with van der Waals surface area (Å²) in [6.45, 7) is 4.19. The summed E-state index contributed by atoms with van der Waals surface area (Å²) in [6, 6.07) is 9.97. The van der Waals surface area contributed by atoms with Crippen molar-refractivity contribution < 1.29 is 18.3 Å². The van der Waals surface area contributed by atoms with Crippen LogP contribution in [0.15, 0.2) is 61.4 Å². The zero-order chi connectivity index (χ0) is 25.7. The summed E-state index contributed by atoms with van der Waals surface area (Å²) in [5, 5.41) is 5.52. The number of anilines is 1. The first kappa shape index (κ1) is 23.1. The Hall–Kier alpha value is -4.34. The number of piperidine rings is 1. The molecule has 37 heavy (non-hydrogen) atoms. The van der Waals surface area contributed by atoms with Crippen LogP contribution >= 0.6 is 0 Å². The molecule has 6 rings (SSSR count). The number of nitrogens with zero attached hydrogens (tertiary/aromatic N) is 5. The van der Waals surface area contributed by atoms with Crippen LogP contribution in [0.3, 0.4) is 0 Å². The summed E-state index contributed by atoms with van der Waals surface area (Å²) in [4.78, 5) is 23.2. The monoisotopic (exact) mass is 502 g/mol. The number of aromatic nitrogens is 4. The van der Waals surface area contributed by atoms with Gasteiger partial charge < -0.3 is 15.4 Å². The van der Waals surface area contributed by atoms with Gasteiger partial charge in [-0.25, -0.2) is 23.4 Å².